The molecule has 0 amide bonds. The fraction of sp³-hybridized carbons (Fsp3) is 0.235. The van der Waals surface area contributed by atoms with Crippen LogP contribution in [0.2, 0.25) is 0 Å². The lowest BCUT2D eigenvalue weighted by Gasteiger charge is -2.17. The van der Waals surface area contributed by atoms with Crippen molar-refractivity contribution in [3.63, 3.8) is 0 Å². The van der Waals surface area contributed by atoms with Gasteiger partial charge in [0.2, 0.25) is 0 Å². The molecule has 0 atom stereocenters. The van der Waals surface area contributed by atoms with Crippen LogP contribution in [0.25, 0.3) is 0 Å². The largest absolute Gasteiger partial charge is 0.497 e. The maximum atomic E-state index is 5.60. The van der Waals surface area contributed by atoms with E-state index >= 15 is 0 Å². The van der Waals surface area contributed by atoms with E-state index in [1.54, 1.807) is 7.11 Å². The maximum absolute atomic E-state index is 5.60. The molecule has 0 unspecified atom stereocenters. The van der Waals surface area contributed by atoms with Crippen molar-refractivity contribution in [3.05, 3.63) is 65.2 Å². The van der Waals surface area contributed by atoms with Gasteiger partial charge in [0, 0.05) is 18.7 Å². The maximum Gasteiger partial charge on any atom is 0.119 e. The summed E-state index contributed by atoms with van der Waals surface area (Å²) >= 11 is 4.96. The van der Waals surface area contributed by atoms with Crippen molar-refractivity contribution in [1.82, 2.24) is 4.90 Å². The van der Waals surface area contributed by atoms with Crippen LogP contribution in [-0.4, -0.2) is 24.0 Å². The van der Waals surface area contributed by atoms with Gasteiger partial charge >= 0.3 is 0 Å². The SMILES string of the molecule is COc1cccc(CN(C)Cc2ccc(C(N)=S)cc2)c1. The minimum atomic E-state index is 0.436. The van der Waals surface area contributed by atoms with E-state index in [0.717, 1.165) is 24.4 Å². The van der Waals surface area contributed by atoms with Gasteiger partial charge in [0.1, 0.15) is 10.7 Å². The van der Waals surface area contributed by atoms with E-state index < -0.39 is 0 Å². The van der Waals surface area contributed by atoms with Crippen LogP contribution >= 0.6 is 12.2 Å². The van der Waals surface area contributed by atoms with E-state index in [0.29, 0.717) is 4.99 Å². The second kappa shape index (κ2) is 7.20. The Hall–Kier alpha value is -1.91. The summed E-state index contributed by atoms with van der Waals surface area (Å²) in [5.74, 6) is 0.890. The molecule has 2 N–H and O–H groups in total. The van der Waals surface area contributed by atoms with Gasteiger partial charge in [0.15, 0.2) is 0 Å². The number of hydrogen-bond acceptors (Lipinski definition) is 3. The zero-order valence-corrected chi connectivity index (χ0v) is 13.2. The normalized spacial score (nSPS) is 10.6. The Balaban J connectivity index is 1.97. The van der Waals surface area contributed by atoms with Crippen LogP contribution in [0.15, 0.2) is 48.5 Å². The van der Waals surface area contributed by atoms with Gasteiger partial charge in [-0.15, -0.1) is 0 Å². The first-order valence-electron chi connectivity index (χ1n) is 6.78. The Kier molecular flexibility index (Phi) is 5.31. The molecular weight excluding hydrogens is 280 g/mol. The van der Waals surface area contributed by atoms with Gasteiger partial charge in [0.05, 0.1) is 7.11 Å². The monoisotopic (exact) mass is 300 g/mol. The third kappa shape index (κ3) is 4.55. The summed E-state index contributed by atoms with van der Waals surface area (Å²) in [4.78, 5) is 2.69. The molecule has 2 rings (SSSR count). The molecule has 4 heteroatoms. The van der Waals surface area contributed by atoms with Gasteiger partial charge in [-0.3, -0.25) is 4.90 Å². The molecule has 2 aromatic rings. The van der Waals surface area contributed by atoms with Gasteiger partial charge < -0.3 is 10.5 Å². The van der Waals surface area contributed by atoms with Crippen LogP contribution in [0.3, 0.4) is 0 Å². The van der Waals surface area contributed by atoms with E-state index in [1.807, 2.05) is 24.3 Å². The molecule has 2 aromatic carbocycles. The number of nitrogens with two attached hydrogens (primary N) is 1. The molecule has 0 aliphatic rings. The van der Waals surface area contributed by atoms with E-state index in [1.165, 1.54) is 11.1 Å². The Morgan fingerprint density at radius 2 is 1.76 bits per heavy atom. The van der Waals surface area contributed by atoms with Gasteiger partial charge in [0.25, 0.3) is 0 Å². The zero-order chi connectivity index (χ0) is 15.2. The summed E-state index contributed by atoms with van der Waals surface area (Å²) in [5.41, 5.74) is 8.98. The number of hydrogen-bond donors (Lipinski definition) is 1. The summed E-state index contributed by atoms with van der Waals surface area (Å²) in [6, 6.07) is 16.2. The average molecular weight is 300 g/mol. The van der Waals surface area contributed by atoms with Crippen molar-refractivity contribution in [3.8, 4) is 5.75 Å². The molecule has 0 bridgehead atoms. The molecule has 0 aliphatic heterocycles. The van der Waals surface area contributed by atoms with E-state index in [-0.39, 0.29) is 0 Å². The van der Waals surface area contributed by atoms with Gasteiger partial charge in [-0.05, 0) is 30.3 Å². The molecule has 21 heavy (non-hydrogen) atoms. The van der Waals surface area contributed by atoms with Crippen molar-refractivity contribution >= 4 is 17.2 Å². The Labute approximate surface area is 131 Å². The number of thiocarbonyl (C=S) groups is 1. The molecule has 3 nitrogen and oxygen atoms in total. The van der Waals surface area contributed by atoms with Crippen molar-refractivity contribution in [2.24, 2.45) is 5.73 Å². The van der Waals surface area contributed by atoms with Crippen LogP contribution in [0.5, 0.6) is 5.75 Å². The van der Waals surface area contributed by atoms with Crippen LogP contribution in [0.4, 0.5) is 0 Å². The first kappa shape index (κ1) is 15.5. The van der Waals surface area contributed by atoms with E-state index in [9.17, 15) is 0 Å². The molecule has 0 aliphatic carbocycles. The lowest BCUT2D eigenvalue weighted by Crippen LogP contribution is -2.17. The Morgan fingerprint density at radius 3 is 2.38 bits per heavy atom. The summed E-state index contributed by atoms with van der Waals surface area (Å²) in [6.07, 6.45) is 0. The summed E-state index contributed by atoms with van der Waals surface area (Å²) in [5, 5.41) is 0. The number of nitrogens with zero attached hydrogens (tertiary/aromatic N) is 1. The fourth-order valence-corrected chi connectivity index (χ4v) is 2.36. The molecule has 0 fully saturated rings. The van der Waals surface area contributed by atoms with Crippen molar-refractivity contribution in [1.29, 1.82) is 0 Å². The first-order chi connectivity index (χ1) is 10.1. The number of benzene rings is 2. The second-order valence-corrected chi connectivity index (χ2v) is 5.52. The zero-order valence-electron chi connectivity index (χ0n) is 12.4. The third-order valence-electron chi connectivity index (χ3n) is 3.28. The van der Waals surface area contributed by atoms with E-state index in [2.05, 4.69) is 36.2 Å². The topological polar surface area (TPSA) is 38.5 Å². The second-order valence-electron chi connectivity index (χ2n) is 5.08. The highest BCUT2D eigenvalue weighted by Gasteiger charge is 2.04. The first-order valence-corrected chi connectivity index (χ1v) is 7.19. The van der Waals surface area contributed by atoms with Crippen molar-refractivity contribution < 1.29 is 4.74 Å². The summed E-state index contributed by atoms with van der Waals surface area (Å²) < 4.78 is 5.25. The summed E-state index contributed by atoms with van der Waals surface area (Å²) in [7, 11) is 3.78. The molecule has 0 aromatic heterocycles. The Morgan fingerprint density at radius 1 is 1.10 bits per heavy atom. The van der Waals surface area contributed by atoms with Gasteiger partial charge in [-0.25, -0.2) is 0 Å². The van der Waals surface area contributed by atoms with Crippen molar-refractivity contribution in [2.75, 3.05) is 14.2 Å². The van der Waals surface area contributed by atoms with Crippen molar-refractivity contribution in [2.45, 2.75) is 13.1 Å². The molecular formula is C17H20N2OS. The Bertz CT molecular complexity index is 610. The smallest absolute Gasteiger partial charge is 0.119 e. The minimum Gasteiger partial charge on any atom is -0.497 e. The number of rotatable bonds is 6. The molecule has 0 saturated carbocycles. The summed E-state index contributed by atoms with van der Waals surface area (Å²) in [6.45, 7) is 1.74. The van der Waals surface area contributed by atoms with Crippen LogP contribution in [0.1, 0.15) is 16.7 Å². The quantitative estimate of drug-likeness (QED) is 0.833. The highest BCUT2D eigenvalue weighted by Crippen LogP contribution is 2.15. The highest BCUT2D eigenvalue weighted by atomic mass is 32.1. The molecule has 0 spiro atoms. The lowest BCUT2D eigenvalue weighted by atomic mass is 10.1. The van der Waals surface area contributed by atoms with Gasteiger partial charge in [-0.1, -0.05) is 48.6 Å². The van der Waals surface area contributed by atoms with Crippen LogP contribution in [0, 0.1) is 0 Å². The fourth-order valence-electron chi connectivity index (χ4n) is 2.22. The average Bonchev–Trinajstić information content (AvgIpc) is 2.47. The molecule has 0 heterocycles. The highest BCUT2D eigenvalue weighted by molar-refractivity contribution is 7.80. The third-order valence-corrected chi connectivity index (χ3v) is 3.51. The van der Waals surface area contributed by atoms with Gasteiger partial charge in [-0.2, -0.15) is 0 Å². The number of ether oxygens (including phenoxy) is 1. The van der Waals surface area contributed by atoms with E-state index in [4.69, 9.17) is 22.7 Å². The molecule has 0 saturated heterocycles. The molecule has 0 radical (unpaired) electrons. The number of methoxy groups -OCH3 is 1. The lowest BCUT2D eigenvalue weighted by molar-refractivity contribution is 0.318. The minimum absolute atomic E-state index is 0.436. The predicted octanol–water partition coefficient (Wildman–Crippen LogP) is 2.96. The van der Waals surface area contributed by atoms with Crippen LogP contribution < -0.4 is 10.5 Å². The predicted molar refractivity (Wildman–Crippen MR) is 90.5 cm³/mol. The standard InChI is InChI=1S/C17H20N2OS/c1-19(12-14-4-3-5-16(10-14)20-2)11-13-6-8-15(9-7-13)17(18)21/h3-10H,11-12H2,1-2H3,(H2,18,21). The molecule has 110 valence electrons. The van der Waals surface area contributed by atoms with Crippen LogP contribution in [-0.2, 0) is 13.1 Å².